The Labute approximate surface area is 156 Å². The third-order valence-corrected chi connectivity index (χ3v) is 6.39. The molecule has 0 aliphatic rings. The SMILES string of the molecule is CSc1ccc(C(=O)n2c(C)c(CC(=O)O)c3cc(O)c(Cl)cc32)s1. The Morgan fingerprint density at radius 2 is 2.04 bits per heavy atom. The van der Waals surface area contributed by atoms with Gasteiger partial charge in [0.1, 0.15) is 5.75 Å². The van der Waals surface area contributed by atoms with Gasteiger partial charge in [0.15, 0.2) is 0 Å². The van der Waals surface area contributed by atoms with Crippen LogP contribution in [0, 0.1) is 6.92 Å². The molecule has 0 unspecified atom stereocenters. The number of aromatic nitrogens is 1. The minimum Gasteiger partial charge on any atom is -0.506 e. The number of fused-ring (bicyclic) bond motifs is 1. The van der Waals surface area contributed by atoms with Crippen molar-refractivity contribution in [3.8, 4) is 5.75 Å². The summed E-state index contributed by atoms with van der Waals surface area (Å²) in [5.41, 5.74) is 1.51. The highest BCUT2D eigenvalue weighted by molar-refractivity contribution is 8.00. The number of thioether (sulfide) groups is 1. The molecule has 0 saturated carbocycles. The number of carboxylic acids is 1. The summed E-state index contributed by atoms with van der Waals surface area (Å²) in [5, 5.41) is 19.7. The van der Waals surface area contributed by atoms with E-state index in [0.29, 0.717) is 27.0 Å². The number of benzene rings is 1. The van der Waals surface area contributed by atoms with Gasteiger partial charge in [0, 0.05) is 11.1 Å². The first kappa shape index (κ1) is 17.8. The van der Waals surface area contributed by atoms with E-state index in [-0.39, 0.29) is 23.1 Å². The van der Waals surface area contributed by atoms with Crippen LogP contribution in [0.4, 0.5) is 0 Å². The van der Waals surface area contributed by atoms with Crippen molar-refractivity contribution in [2.75, 3.05) is 6.26 Å². The summed E-state index contributed by atoms with van der Waals surface area (Å²) in [4.78, 5) is 24.8. The van der Waals surface area contributed by atoms with Crippen LogP contribution < -0.4 is 0 Å². The smallest absolute Gasteiger partial charge is 0.307 e. The lowest BCUT2D eigenvalue weighted by Crippen LogP contribution is -2.12. The van der Waals surface area contributed by atoms with E-state index in [9.17, 15) is 19.8 Å². The quantitative estimate of drug-likeness (QED) is 0.640. The van der Waals surface area contributed by atoms with Crippen LogP contribution in [0.25, 0.3) is 10.9 Å². The summed E-state index contributed by atoms with van der Waals surface area (Å²) in [6.07, 6.45) is 1.69. The number of rotatable bonds is 4. The van der Waals surface area contributed by atoms with Gasteiger partial charge < -0.3 is 10.2 Å². The van der Waals surface area contributed by atoms with Crippen molar-refractivity contribution in [3.63, 3.8) is 0 Å². The lowest BCUT2D eigenvalue weighted by molar-refractivity contribution is -0.136. The van der Waals surface area contributed by atoms with Crippen molar-refractivity contribution in [1.29, 1.82) is 0 Å². The zero-order chi connectivity index (χ0) is 18.3. The van der Waals surface area contributed by atoms with Gasteiger partial charge in [0.05, 0.1) is 26.0 Å². The number of carbonyl (C=O) groups excluding carboxylic acids is 1. The molecule has 1 aromatic carbocycles. The van der Waals surface area contributed by atoms with Crippen molar-refractivity contribution >= 4 is 57.5 Å². The average Bonchev–Trinajstić information content (AvgIpc) is 3.12. The van der Waals surface area contributed by atoms with Gasteiger partial charge in [-0.3, -0.25) is 14.2 Å². The van der Waals surface area contributed by atoms with Crippen molar-refractivity contribution in [1.82, 2.24) is 4.57 Å². The fourth-order valence-corrected chi connectivity index (χ4v) is 4.41. The van der Waals surface area contributed by atoms with Crippen molar-refractivity contribution < 1.29 is 19.8 Å². The van der Waals surface area contributed by atoms with Crippen LogP contribution in [0.1, 0.15) is 20.9 Å². The number of hydrogen-bond donors (Lipinski definition) is 2. The van der Waals surface area contributed by atoms with E-state index in [2.05, 4.69) is 0 Å². The number of phenolic OH excluding ortho intramolecular Hbond substituents is 1. The Bertz CT molecular complexity index is 1010. The van der Waals surface area contributed by atoms with Crippen LogP contribution >= 0.6 is 34.7 Å². The van der Waals surface area contributed by atoms with Crippen LogP contribution in [0.3, 0.4) is 0 Å². The fraction of sp³-hybridized carbons (Fsp3) is 0.176. The number of halogens is 1. The number of hydrogen-bond acceptors (Lipinski definition) is 5. The second-order valence-electron chi connectivity index (χ2n) is 5.42. The lowest BCUT2D eigenvalue weighted by atomic mass is 10.1. The molecule has 5 nitrogen and oxygen atoms in total. The molecular formula is C17H14ClNO4S2. The Balaban J connectivity index is 2.26. The van der Waals surface area contributed by atoms with Gasteiger partial charge in [0.25, 0.3) is 5.91 Å². The summed E-state index contributed by atoms with van der Waals surface area (Å²) in [7, 11) is 0. The molecule has 0 spiro atoms. The molecule has 0 atom stereocenters. The van der Waals surface area contributed by atoms with Gasteiger partial charge in [0.2, 0.25) is 0 Å². The Morgan fingerprint density at radius 3 is 2.64 bits per heavy atom. The Morgan fingerprint density at radius 1 is 1.32 bits per heavy atom. The van der Waals surface area contributed by atoms with E-state index < -0.39 is 5.97 Å². The first-order valence-corrected chi connectivity index (χ1v) is 9.68. The molecule has 2 heterocycles. The predicted octanol–water partition coefficient (Wildman–Crippen LogP) is 4.41. The van der Waals surface area contributed by atoms with E-state index in [4.69, 9.17) is 11.6 Å². The molecule has 0 bridgehead atoms. The largest absolute Gasteiger partial charge is 0.506 e. The normalized spacial score (nSPS) is 11.2. The molecular weight excluding hydrogens is 382 g/mol. The fourth-order valence-electron chi connectivity index (χ4n) is 2.78. The number of thiophene rings is 1. The minimum atomic E-state index is -1.01. The van der Waals surface area contributed by atoms with Crippen molar-refractivity contribution in [3.05, 3.63) is 45.4 Å². The molecule has 0 fully saturated rings. The topological polar surface area (TPSA) is 79.5 Å². The molecule has 0 radical (unpaired) electrons. The van der Waals surface area contributed by atoms with Crippen LogP contribution in [0.5, 0.6) is 5.75 Å². The number of aromatic hydroxyl groups is 1. The van der Waals surface area contributed by atoms with E-state index in [1.54, 1.807) is 24.8 Å². The average molecular weight is 396 g/mol. The molecule has 130 valence electrons. The lowest BCUT2D eigenvalue weighted by Gasteiger charge is -2.06. The molecule has 2 aromatic heterocycles. The number of nitrogens with zero attached hydrogens (tertiary/aromatic N) is 1. The Kier molecular flexibility index (Phi) is 4.81. The minimum absolute atomic E-state index is 0.108. The highest BCUT2D eigenvalue weighted by Gasteiger charge is 2.23. The second kappa shape index (κ2) is 6.74. The number of aliphatic carboxylic acids is 1. The molecule has 0 aliphatic heterocycles. The monoisotopic (exact) mass is 395 g/mol. The van der Waals surface area contributed by atoms with Crippen molar-refractivity contribution in [2.24, 2.45) is 0 Å². The number of carbonyl (C=O) groups is 2. The first-order chi connectivity index (χ1) is 11.8. The zero-order valence-corrected chi connectivity index (χ0v) is 15.8. The summed E-state index contributed by atoms with van der Waals surface area (Å²) in [6, 6.07) is 6.53. The van der Waals surface area contributed by atoms with Crippen LogP contribution in [-0.2, 0) is 11.2 Å². The molecule has 0 amide bonds. The van der Waals surface area contributed by atoms with E-state index in [0.717, 1.165) is 4.21 Å². The summed E-state index contributed by atoms with van der Waals surface area (Å²) in [6.45, 7) is 1.70. The van der Waals surface area contributed by atoms with Gasteiger partial charge in [-0.25, -0.2) is 0 Å². The number of phenols is 1. The third-order valence-electron chi connectivity index (χ3n) is 3.93. The summed E-state index contributed by atoms with van der Waals surface area (Å²) in [5.74, 6) is -1.40. The number of carboxylic acid groups (broad SMARTS) is 1. The standard InChI is InChI=1S/C17H14ClNO4S2/c1-8-9(6-15(21)22)10-5-13(20)11(18)7-12(10)19(8)17(23)14-3-4-16(24-2)25-14/h3-5,7,20H,6H2,1-2H3,(H,21,22). The maximum atomic E-state index is 13.0. The third kappa shape index (κ3) is 3.15. The molecule has 8 heteroatoms. The maximum Gasteiger partial charge on any atom is 0.307 e. The molecule has 0 aliphatic carbocycles. The van der Waals surface area contributed by atoms with Gasteiger partial charge in [-0.05, 0) is 43.0 Å². The van der Waals surface area contributed by atoms with Crippen LogP contribution in [-0.4, -0.2) is 32.9 Å². The van der Waals surface area contributed by atoms with Crippen molar-refractivity contribution in [2.45, 2.75) is 17.6 Å². The van der Waals surface area contributed by atoms with Gasteiger partial charge >= 0.3 is 5.97 Å². The predicted molar refractivity (Wildman–Crippen MR) is 101 cm³/mol. The molecule has 25 heavy (non-hydrogen) atoms. The van der Waals surface area contributed by atoms with E-state index in [1.165, 1.54) is 28.0 Å². The first-order valence-electron chi connectivity index (χ1n) is 7.26. The summed E-state index contributed by atoms with van der Waals surface area (Å²) < 4.78 is 2.48. The van der Waals surface area contributed by atoms with Crippen LogP contribution in [0.15, 0.2) is 28.5 Å². The van der Waals surface area contributed by atoms with E-state index >= 15 is 0 Å². The second-order valence-corrected chi connectivity index (χ2v) is 8.02. The van der Waals surface area contributed by atoms with Gasteiger partial charge in [-0.15, -0.1) is 23.1 Å². The highest BCUT2D eigenvalue weighted by Crippen LogP contribution is 2.35. The maximum absolute atomic E-state index is 13.0. The molecule has 3 rings (SSSR count). The van der Waals surface area contributed by atoms with Gasteiger partial charge in [-0.2, -0.15) is 0 Å². The highest BCUT2D eigenvalue weighted by atomic mass is 35.5. The molecule has 2 N–H and O–H groups in total. The van der Waals surface area contributed by atoms with E-state index in [1.807, 2.05) is 12.3 Å². The molecule has 3 aromatic rings. The summed E-state index contributed by atoms with van der Waals surface area (Å²) >= 11 is 8.94. The molecule has 0 saturated heterocycles. The zero-order valence-electron chi connectivity index (χ0n) is 13.4. The van der Waals surface area contributed by atoms with Crippen LogP contribution in [0.2, 0.25) is 5.02 Å². The Hall–Kier alpha value is -1.96. The van der Waals surface area contributed by atoms with Gasteiger partial charge in [-0.1, -0.05) is 11.6 Å².